The van der Waals surface area contributed by atoms with Crippen molar-refractivity contribution in [1.82, 2.24) is 28.7 Å². The van der Waals surface area contributed by atoms with Crippen molar-refractivity contribution in [3.05, 3.63) is 42.5 Å². The topological polar surface area (TPSA) is 138 Å². The van der Waals surface area contributed by atoms with Crippen molar-refractivity contribution in [2.24, 2.45) is 0 Å². The zero-order valence-electron chi connectivity index (χ0n) is 20.5. The molecular formula is C23H20N8O2S6. The molecule has 5 rings (SSSR count). The maximum atomic E-state index is 12.4. The first-order valence-electron chi connectivity index (χ1n) is 11.2. The number of aromatic nitrogens is 6. The summed E-state index contributed by atoms with van der Waals surface area (Å²) in [5.41, 5.74) is 3.84. The van der Waals surface area contributed by atoms with E-state index in [1.807, 2.05) is 55.0 Å². The number of hydrogen-bond acceptors (Lipinski definition) is 13. The smallest absolute Gasteiger partial charge is 0.234 e. The first-order chi connectivity index (χ1) is 19.0. The van der Waals surface area contributed by atoms with Gasteiger partial charge in [-0.05, 0) is 78.0 Å². The number of thioether (sulfide) groups is 4. The largest absolute Gasteiger partial charge is 0.338 e. The Balaban J connectivity index is 1.16. The van der Waals surface area contributed by atoms with Gasteiger partial charge in [0.05, 0.1) is 22.5 Å². The van der Waals surface area contributed by atoms with Crippen molar-refractivity contribution >= 4 is 104 Å². The van der Waals surface area contributed by atoms with Crippen molar-refractivity contribution in [3.63, 3.8) is 0 Å². The van der Waals surface area contributed by atoms with E-state index >= 15 is 0 Å². The lowest BCUT2D eigenvalue weighted by atomic mass is 10.2. The number of aromatic amines is 1. The molecule has 39 heavy (non-hydrogen) atoms. The number of carbonyl (C=O) groups excluding carboxylic acids is 2. The van der Waals surface area contributed by atoms with Crippen LogP contribution in [0.1, 0.15) is 0 Å². The van der Waals surface area contributed by atoms with Crippen LogP contribution < -0.4 is 10.6 Å². The third-order valence-electron chi connectivity index (χ3n) is 5.00. The number of H-pyrrole nitrogens is 1. The maximum absolute atomic E-state index is 12.4. The van der Waals surface area contributed by atoms with Crippen molar-refractivity contribution < 1.29 is 9.59 Å². The van der Waals surface area contributed by atoms with Gasteiger partial charge < -0.3 is 15.6 Å². The average molecular weight is 633 g/mol. The zero-order chi connectivity index (χ0) is 27.2. The highest BCUT2D eigenvalue weighted by Gasteiger charge is 2.12. The second-order valence-corrected chi connectivity index (χ2v) is 13.2. The molecule has 3 aromatic heterocycles. The van der Waals surface area contributed by atoms with Gasteiger partial charge in [0.25, 0.3) is 0 Å². The van der Waals surface area contributed by atoms with E-state index in [1.54, 1.807) is 0 Å². The molecule has 3 heterocycles. The van der Waals surface area contributed by atoms with Gasteiger partial charge >= 0.3 is 0 Å². The number of carbonyl (C=O) groups is 2. The highest BCUT2D eigenvalue weighted by molar-refractivity contribution is 8.02. The molecule has 0 aliphatic carbocycles. The molecule has 0 spiro atoms. The number of benzene rings is 2. The Hall–Kier alpha value is -2.63. The van der Waals surface area contributed by atoms with Gasteiger partial charge in [-0.25, -0.2) is 15.0 Å². The zero-order valence-corrected chi connectivity index (χ0v) is 25.4. The number of fused-ring (bicyclic) bond motifs is 1. The Bertz CT molecular complexity index is 1600. The lowest BCUT2D eigenvalue weighted by Gasteiger charge is -2.05. The molecule has 0 aliphatic heterocycles. The quantitative estimate of drug-likeness (QED) is 0.151. The van der Waals surface area contributed by atoms with Crippen molar-refractivity contribution in [2.75, 3.05) is 34.7 Å². The summed E-state index contributed by atoms with van der Waals surface area (Å²) in [7, 11) is 0. The predicted octanol–water partition coefficient (Wildman–Crippen LogP) is 5.84. The van der Waals surface area contributed by atoms with Crippen molar-refractivity contribution in [3.8, 4) is 11.4 Å². The minimum absolute atomic E-state index is 0.113. The van der Waals surface area contributed by atoms with Crippen LogP contribution in [-0.4, -0.2) is 64.5 Å². The Kier molecular flexibility index (Phi) is 9.41. The van der Waals surface area contributed by atoms with E-state index in [0.29, 0.717) is 22.4 Å². The highest BCUT2D eigenvalue weighted by atomic mass is 32.2. The van der Waals surface area contributed by atoms with E-state index in [9.17, 15) is 9.59 Å². The van der Waals surface area contributed by atoms with E-state index in [0.717, 1.165) is 30.4 Å². The van der Waals surface area contributed by atoms with Crippen LogP contribution in [-0.2, 0) is 9.59 Å². The monoisotopic (exact) mass is 632 g/mol. The van der Waals surface area contributed by atoms with Crippen LogP contribution in [0.25, 0.3) is 22.4 Å². The molecule has 200 valence electrons. The third kappa shape index (κ3) is 7.52. The van der Waals surface area contributed by atoms with Crippen LogP contribution in [0.3, 0.4) is 0 Å². The van der Waals surface area contributed by atoms with Gasteiger partial charge in [0, 0.05) is 16.9 Å². The Labute approximate surface area is 248 Å². The van der Waals surface area contributed by atoms with E-state index in [1.165, 1.54) is 70.1 Å². The molecule has 5 aromatic rings. The van der Waals surface area contributed by atoms with Crippen molar-refractivity contribution in [1.29, 1.82) is 0 Å². The molecule has 2 aromatic carbocycles. The molecule has 0 fully saturated rings. The predicted molar refractivity (Wildman–Crippen MR) is 164 cm³/mol. The molecule has 0 saturated carbocycles. The van der Waals surface area contributed by atoms with Crippen LogP contribution in [0.4, 0.5) is 11.4 Å². The van der Waals surface area contributed by atoms with Gasteiger partial charge in [0.15, 0.2) is 8.68 Å². The Morgan fingerprint density at radius 1 is 0.795 bits per heavy atom. The van der Waals surface area contributed by atoms with Gasteiger partial charge in [0.2, 0.25) is 22.1 Å². The lowest BCUT2D eigenvalue weighted by Crippen LogP contribution is -2.13. The summed E-state index contributed by atoms with van der Waals surface area (Å²) in [6.07, 6.45) is 3.84. The van der Waals surface area contributed by atoms with Crippen LogP contribution >= 0.6 is 70.1 Å². The average Bonchev–Trinajstić information content (AvgIpc) is 3.70. The summed E-state index contributed by atoms with van der Waals surface area (Å²) >= 11 is 8.27. The Morgan fingerprint density at radius 3 is 1.92 bits per heavy atom. The standard InChI is InChI=1S/C23H20N8O2S6/c1-34-20-28-22(38-30-20)36-10-17(32)24-13-5-3-12(4-6-13)19-26-15-8-7-14(9-16(15)27-19)25-18(33)11-37-23-29-21(35-2)31-39-23/h3-9H,10-11H2,1-2H3,(H,24,32)(H,25,33)(H,26,27). The van der Waals surface area contributed by atoms with Gasteiger partial charge in [-0.2, -0.15) is 8.75 Å². The molecular weight excluding hydrogens is 613 g/mol. The van der Waals surface area contributed by atoms with E-state index < -0.39 is 0 Å². The molecule has 16 heteroatoms. The lowest BCUT2D eigenvalue weighted by molar-refractivity contribution is -0.114. The fourth-order valence-electron chi connectivity index (χ4n) is 3.26. The SMILES string of the molecule is CSc1nsc(SCC(=O)Nc2ccc(-c3nc4ccc(NC(=O)CSc5nc(SC)ns5)cc4[nH]3)cc2)n1. The fourth-order valence-corrected chi connectivity index (χ4v) is 7.28. The highest BCUT2D eigenvalue weighted by Crippen LogP contribution is 2.27. The molecule has 10 nitrogen and oxygen atoms in total. The summed E-state index contributed by atoms with van der Waals surface area (Å²) in [5, 5.41) is 7.25. The van der Waals surface area contributed by atoms with Crippen LogP contribution in [0.5, 0.6) is 0 Å². The minimum Gasteiger partial charge on any atom is -0.338 e. The second-order valence-electron chi connectivity index (χ2n) is 7.66. The molecule has 3 N–H and O–H groups in total. The molecule has 0 aliphatic rings. The summed E-state index contributed by atoms with van der Waals surface area (Å²) in [4.78, 5) is 41.4. The third-order valence-corrected chi connectivity index (χ3v) is 10.00. The fraction of sp³-hybridized carbons (Fsp3) is 0.174. The van der Waals surface area contributed by atoms with E-state index in [2.05, 4.69) is 39.3 Å². The number of nitrogens with zero attached hydrogens (tertiary/aromatic N) is 5. The number of anilines is 2. The first kappa shape index (κ1) is 27.9. The van der Waals surface area contributed by atoms with Gasteiger partial charge in [-0.3, -0.25) is 9.59 Å². The van der Waals surface area contributed by atoms with E-state index in [4.69, 9.17) is 0 Å². The molecule has 0 bridgehead atoms. The molecule has 0 unspecified atom stereocenters. The Morgan fingerprint density at radius 2 is 1.36 bits per heavy atom. The molecule has 0 atom stereocenters. The maximum Gasteiger partial charge on any atom is 0.234 e. The number of nitrogens with one attached hydrogen (secondary N) is 3. The normalized spacial score (nSPS) is 11.1. The van der Waals surface area contributed by atoms with Crippen LogP contribution in [0, 0.1) is 0 Å². The molecule has 0 radical (unpaired) electrons. The van der Waals surface area contributed by atoms with Gasteiger partial charge in [0.1, 0.15) is 5.82 Å². The molecule has 2 amide bonds. The summed E-state index contributed by atoms with van der Waals surface area (Å²) < 4.78 is 9.94. The van der Waals surface area contributed by atoms with Crippen molar-refractivity contribution in [2.45, 2.75) is 19.0 Å². The first-order valence-corrected chi connectivity index (χ1v) is 17.2. The summed E-state index contributed by atoms with van der Waals surface area (Å²) in [6, 6.07) is 13.0. The number of hydrogen-bond donors (Lipinski definition) is 3. The van der Waals surface area contributed by atoms with E-state index in [-0.39, 0.29) is 23.3 Å². The molecule has 0 saturated heterocycles. The van der Waals surface area contributed by atoms with Gasteiger partial charge in [-0.1, -0.05) is 47.0 Å². The number of imidazole rings is 1. The van der Waals surface area contributed by atoms with Gasteiger partial charge in [-0.15, -0.1) is 0 Å². The number of rotatable bonds is 11. The summed E-state index contributed by atoms with van der Waals surface area (Å²) in [5.74, 6) is 0.965. The number of amides is 2. The second kappa shape index (κ2) is 13.1. The van der Waals surface area contributed by atoms with Crippen LogP contribution in [0.2, 0.25) is 0 Å². The van der Waals surface area contributed by atoms with Crippen LogP contribution in [0.15, 0.2) is 61.5 Å². The summed E-state index contributed by atoms with van der Waals surface area (Å²) in [6.45, 7) is 0. The minimum atomic E-state index is -0.121.